The summed E-state index contributed by atoms with van der Waals surface area (Å²) in [5.41, 5.74) is 2.41. The molecule has 2 N–H and O–H groups in total. The highest BCUT2D eigenvalue weighted by molar-refractivity contribution is 6.31. The molecule has 0 atom stereocenters. The minimum atomic E-state index is -0.466. The molecule has 2 aromatic rings. The van der Waals surface area contributed by atoms with E-state index in [-0.39, 0.29) is 19.1 Å². The van der Waals surface area contributed by atoms with E-state index in [2.05, 4.69) is 10.6 Å². The predicted molar refractivity (Wildman–Crippen MR) is 95.7 cm³/mol. The minimum absolute atomic E-state index is 0.0539. The summed E-state index contributed by atoms with van der Waals surface area (Å²) < 4.78 is 4.99. The Bertz CT molecular complexity index is 747. The van der Waals surface area contributed by atoms with Crippen LogP contribution >= 0.6 is 11.6 Å². The number of hydrogen-bond donors (Lipinski definition) is 2. The summed E-state index contributed by atoms with van der Waals surface area (Å²) in [7, 11) is 0. The Balaban J connectivity index is 2.03. The third-order valence-corrected chi connectivity index (χ3v) is 3.81. The largest absolute Gasteiger partial charge is 0.462 e. The highest BCUT2D eigenvalue weighted by atomic mass is 35.5. The molecule has 5 nitrogen and oxygen atoms in total. The average molecular weight is 347 g/mol. The summed E-state index contributed by atoms with van der Waals surface area (Å²) in [5, 5.41) is 6.39. The first kappa shape index (κ1) is 17.8. The zero-order valence-corrected chi connectivity index (χ0v) is 14.3. The van der Waals surface area contributed by atoms with E-state index in [1.54, 1.807) is 37.3 Å². The van der Waals surface area contributed by atoms with E-state index in [9.17, 15) is 9.59 Å². The second-order valence-corrected chi connectivity index (χ2v) is 5.49. The molecule has 0 saturated carbocycles. The Hall–Kier alpha value is -2.53. The van der Waals surface area contributed by atoms with E-state index in [1.165, 1.54) is 0 Å². The summed E-state index contributed by atoms with van der Waals surface area (Å²) in [6.07, 6.45) is 0. The van der Waals surface area contributed by atoms with Crippen LogP contribution in [-0.4, -0.2) is 25.0 Å². The molecular formula is C18H19ClN2O3. The number of benzene rings is 2. The molecule has 24 heavy (non-hydrogen) atoms. The van der Waals surface area contributed by atoms with Crippen LogP contribution in [0.5, 0.6) is 0 Å². The SMILES string of the molecule is CCOC(=O)c1ccccc1NC(=O)CNc1cccc(Cl)c1C. The van der Waals surface area contributed by atoms with Gasteiger partial charge in [-0.2, -0.15) is 0 Å². The monoisotopic (exact) mass is 346 g/mol. The molecule has 0 bridgehead atoms. The standard InChI is InChI=1S/C18H19ClN2O3/c1-3-24-18(23)13-7-4-5-9-16(13)21-17(22)11-20-15-10-6-8-14(19)12(15)2/h4-10,20H,3,11H2,1-2H3,(H,21,22). The Morgan fingerprint density at radius 2 is 1.79 bits per heavy atom. The number of ether oxygens (including phenoxy) is 1. The zero-order chi connectivity index (χ0) is 17.5. The Morgan fingerprint density at radius 1 is 1.08 bits per heavy atom. The number of amides is 1. The van der Waals surface area contributed by atoms with Crippen molar-refractivity contribution in [1.29, 1.82) is 0 Å². The van der Waals surface area contributed by atoms with Crippen LogP contribution in [0.1, 0.15) is 22.8 Å². The summed E-state index contributed by atoms with van der Waals surface area (Å²) in [4.78, 5) is 24.1. The predicted octanol–water partition coefficient (Wildman–Crippen LogP) is 3.88. The highest BCUT2D eigenvalue weighted by Gasteiger charge is 2.14. The molecule has 2 rings (SSSR count). The molecule has 0 aliphatic rings. The van der Waals surface area contributed by atoms with Crippen LogP contribution in [0.4, 0.5) is 11.4 Å². The number of rotatable bonds is 6. The Labute approximate surface area is 146 Å². The molecule has 126 valence electrons. The van der Waals surface area contributed by atoms with Crippen molar-refractivity contribution in [1.82, 2.24) is 0 Å². The number of esters is 1. The number of halogens is 1. The van der Waals surface area contributed by atoms with Gasteiger partial charge in [-0.15, -0.1) is 0 Å². The molecule has 6 heteroatoms. The molecule has 0 saturated heterocycles. The fraction of sp³-hybridized carbons (Fsp3) is 0.222. The molecule has 0 aliphatic carbocycles. The van der Waals surface area contributed by atoms with Gasteiger partial charge >= 0.3 is 5.97 Å². The smallest absolute Gasteiger partial charge is 0.340 e. The van der Waals surface area contributed by atoms with E-state index < -0.39 is 5.97 Å². The molecule has 0 heterocycles. The lowest BCUT2D eigenvalue weighted by molar-refractivity contribution is -0.114. The van der Waals surface area contributed by atoms with Crippen LogP contribution in [0, 0.1) is 6.92 Å². The van der Waals surface area contributed by atoms with Gasteiger partial charge in [0, 0.05) is 10.7 Å². The van der Waals surface area contributed by atoms with E-state index in [1.807, 2.05) is 19.1 Å². The van der Waals surface area contributed by atoms with Crippen molar-refractivity contribution < 1.29 is 14.3 Å². The van der Waals surface area contributed by atoms with Crippen molar-refractivity contribution in [3.8, 4) is 0 Å². The second-order valence-electron chi connectivity index (χ2n) is 5.08. The van der Waals surface area contributed by atoms with Gasteiger partial charge < -0.3 is 15.4 Å². The Kier molecular flexibility index (Phi) is 6.21. The maximum atomic E-state index is 12.2. The first-order chi connectivity index (χ1) is 11.5. The summed E-state index contributed by atoms with van der Waals surface area (Å²) in [6.45, 7) is 3.93. The number of nitrogens with one attached hydrogen (secondary N) is 2. The van der Waals surface area contributed by atoms with Crippen molar-refractivity contribution in [3.63, 3.8) is 0 Å². The van der Waals surface area contributed by atoms with Gasteiger partial charge in [-0.3, -0.25) is 4.79 Å². The molecule has 0 aromatic heterocycles. The van der Waals surface area contributed by atoms with Gasteiger partial charge in [0.2, 0.25) is 5.91 Å². The van der Waals surface area contributed by atoms with E-state index >= 15 is 0 Å². The molecule has 1 amide bonds. The lowest BCUT2D eigenvalue weighted by atomic mass is 10.1. The third-order valence-electron chi connectivity index (χ3n) is 3.40. The van der Waals surface area contributed by atoms with Gasteiger partial charge in [-0.1, -0.05) is 29.8 Å². The van der Waals surface area contributed by atoms with Crippen molar-refractivity contribution in [2.75, 3.05) is 23.8 Å². The number of para-hydroxylation sites is 1. The normalized spacial score (nSPS) is 10.1. The maximum absolute atomic E-state index is 12.2. The summed E-state index contributed by atoms with van der Waals surface area (Å²) >= 11 is 6.05. The molecule has 0 unspecified atom stereocenters. The topological polar surface area (TPSA) is 67.4 Å². The van der Waals surface area contributed by atoms with Gasteiger partial charge in [-0.05, 0) is 43.7 Å². The lowest BCUT2D eigenvalue weighted by Gasteiger charge is -2.12. The van der Waals surface area contributed by atoms with Crippen LogP contribution in [0.3, 0.4) is 0 Å². The fourth-order valence-electron chi connectivity index (χ4n) is 2.15. The number of anilines is 2. The van der Waals surface area contributed by atoms with Crippen LogP contribution < -0.4 is 10.6 Å². The van der Waals surface area contributed by atoms with Gasteiger partial charge in [0.25, 0.3) is 0 Å². The lowest BCUT2D eigenvalue weighted by Crippen LogP contribution is -2.23. The summed E-state index contributed by atoms with van der Waals surface area (Å²) in [6, 6.07) is 12.2. The zero-order valence-electron chi connectivity index (χ0n) is 13.6. The van der Waals surface area contributed by atoms with Crippen LogP contribution in [0.15, 0.2) is 42.5 Å². The molecule has 0 spiro atoms. The van der Waals surface area contributed by atoms with E-state index in [0.29, 0.717) is 16.3 Å². The second kappa shape index (κ2) is 8.36. The first-order valence-electron chi connectivity index (χ1n) is 7.58. The van der Waals surface area contributed by atoms with Gasteiger partial charge in [0.15, 0.2) is 0 Å². The van der Waals surface area contributed by atoms with Crippen molar-refractivity contribution >= 4 is 34.9 Å². The average Bonchev–Trinajstić information content (AvgIpc) is 2.57. The quantitative estimate of drug-likeness (QED) is 0.779. The first-order valence-corrected chi connectivity index (χ1v) is 7.95. The highest BCUT2D eigenvalue weighted by Crippen LogP contribution is 2.22. The molecule has 0 fully saturated rings. The minimum Gasteiger partial charge on any atom is -0.462 e. The molecule has 0 aliphatic heterocycles. The third kappa shape index (κ3) is 4.49. The number of hydrogen-bond acceptors (Lipinski definition) is 4. The van der Waals surface area contributed by atoms with Crippen LogP contribution in [-0.2, 0) is 9.53 Å². The summed E-state index contributed by atoms with van der Waals surface area (Å²) in [5.74, 6) is -0.738. The fourth-order valence-corrected chi connectivity index (χ4v) is 2.32. The Morgan fingerprint density at radius 3 is 2.54 bits per heavy atom. The van der Waals surface area contributed by atoms with Gasteiger partial charge in [0.1, 0.15) is 0 Å². The van der Waals surface area contributed by atoms with Crippen LogP contribution in [0.2, 0.25) is 5.02 Å². The molecule has 0 radical (unpaired) electrons. The number of carbonyl (C=O) groups excluding carboxylic acids is 2. The van der Waals surface area contributed by atoms with Crippen molar-refractivity contribution in [3.05, 3.63) is 58.6 Å². The van der Waals surface area contributed by atoms with Crippen molar-refractivity contribution in [2.24, 2.45) is 0 Å². The number of carbonyl (C=O) groups is 2. The van der Waals surface area contributed by atoms with Gasteiger partial charge in [-0.25, -0.2) is 4.79 Å². The van der Waals surface area contributed by atoms with E-state index in [0.717, 1.165) is 11.3 Å². The van der Waals surface area contributed by atoms with Crippen molar-refractivity contribution in [2.45, 2.75) is 13.8 Å². The molecular weight excluding hydrogens is 328 g/mol. The maximum Gasteiger partial charge on any atom is 0.340 e. The molecule has 2 aromatic carbocycles. The van der Waals surface area contributed by atoms with E-state index in [4.69, 9.17) is 16.3 Å². The van der Waals surface area contributed by atoms with Crippen LogP contribution in [0.25, 0.3) is 0 Å². The van der Waals surface area contributed by atoms with Gasteiger partial charge in [0.05, 0.1) is 24.4 Å².